The summed E-state index contributed by atoms with van der Waals surface area (Å²) in [5, 5.41) is 2.22. The summed E-state index contributed by atoms with van der Waals surface area (Å²) in [4.78, 5) is 28.3. The predicted octanol–water partition coefficient (Wildman–Crippen LogP) is 5.89. The summed E-state index contributed by atoms with van der Waals surface area (Å²) in [7, 11) is 1.61. The Morgan fingerprint density at radius 1 is 0.882 bits per heavy atom. The van der Waals surface area contributed by atoms with E-state index < -0.39 is 0 Å². The molecule has 0 unspecified atom stereocenters. The van der Waals surface area contributed by atoms with Crippen molar-refractivity contribution in [1.82, 2.24) is 9.55 Å². The first-order chi connectivity index (χ1) is 16.6. The second-order valence-corrected chi connectivity index (χ2v) is 7.90. The monoisotopic (exact) mass is 446 g/mol. The van der Waals surface area contributed by atoms with Gasteiger partial charge in [0.1, 0.15) is 5.75 Å². The zero-order chi connectivity index (χ0) is 23.5. The van der Waals surface area contributed by atoms with Gasteiger partial charge in [-0.15, -0.1) is 0 Å². The molecule has 5 aromatic rings. The average Bonchev–Trinajstić information content (AvgIpc) is 3.28. The molecule has 4 aromatic carbocycles. The van der Waals surface area contributed by atoms with E-state index in [2.05, 4.69) is 17.1 Å². The molecule has 1 heterocycles. The molecular formula is C29H22N2O3. The number of ketones is 1. The molecule has 0 spiro atoms. The molecule has 0 atom stereocenters. The van der Waals surface area contributed by atoms with Crippen LogP contribution in [-0.4, -0.2) is 22.4 Å². The number of nitrogens with one attached hydrogen (secondary N) is 1. The zero-order valence-electron chi connectivity index (χ0n) is 18.6. The van der Waals surface area contributed by atoms with Gasteiger partial charge in [0, 0.05) is 17.3 Å². The van der Waals surface area contributed by atoms with E-state index >= 15 is 0 Å². The molecule has 5 rings (SSSR count). The normalized spacial score (nSPS) is 11.2. The third kappa shape index (κ3) is 4.19. The maximum absolute atomic E-state index is 12.8. The summed E-state index contributed by atoms with van der Waals surface area (Å²) in [6.07, 6.45) is 4.99. The lowest BCUT2D eigenvalue weighted by Gasteiger charge is -2.09. The Morgan fingerprint density at radius 3 is 2.47 bits per heavy atom. The Balaban J connectivity index is 1.47. The van der Waals surface area contributed by atoms with Crippen LogP contribution in [0.3, 0.4) is 0 Å². The Bertz CT molecular complexity index is 1570. The van der Waals surface area contributed by atoms with Crippen LogP contribution in [0.2, 0.25) is 0 Å². The molecule has 0 fully saturated rings. The summed E-state index contributed by atoms with van der Waals surface area (Å²) in [6, 6.07) is 28.7. The quantitative estimate of drug-likeness (QED) is 0.261. The number of ether oxygens (including phenoxy) is 1. The lowest BCUT2D eigenvalue weighted by Crippen LogP contribution is -2.16. The smallest absolute Gasteiger partial charge is 0.330 e. The lowest BCUT2D eigenvalue weighted by molar-refractivity contribution is 0.104. The van der Waals surface area contributed by atoms with E-state index in [0.29, 0.717) is 11.3 Å². The number of methoxy groups -OCH3 is 1. The number of nitrogens with zero attached hydrogens (tertiary/aromatic N) is 1. The van der Waals surface area contributed by atoms with Gasteiger partial charge >= 0.3 is 5.69 Å². The van der Waals surface area contributed by atoms with E-state index in [4.69, 9.17) is 4.74 Å². The number of carbonyl (C=O) groups excluding carboxylic acids is 1. The molecule has 1 aromatic heterocycles. The fraction of sp³-hybridized carbons (Fsp3) is 0.0345. The van der Waals surface area contributed by atoms with Crippen molar-refractivity contribution in [2.45, 2.75) is 0 Å². The number of imidazole rings is 1. The molecular weight excluding hydrogens is 424 g/mol. The fourth-order valence-corrected chi connectivity index (χ4v) is 3.97. The molecule has 0 saturated carbocycles. The number of rotatable bonds is 6. The number of hydrogen-bond acceptors (Lipinski definition) is 3. The third-order valence-corrected chi connectivity index (χ3v) is 5.75. The van der Waals surface area contributed by atoms with Crippen LogP contribution in [0.4, 0.5) is 0 Å². The Morgan fingerprint density at radius 2 is 1.68 bits per heavy atom. The largest absolute Gasteiger partial charge is 0.497 e. The van der Waals surface area contributed by atoms with Gasteiger partial charge in [-0.2, -0.15) is 0 Å². The summed E-state index contributed by atoms with van der Waals surface area (Å²) in [5.41, 5.74) is 3.40. The van der Waals surface area contributed by atoms with Crippen molar-refractivity contribution in [3.8, 4) is 22.7 Å². The second kappa shape index (κ2) is 9.08. The van der Waals surface area contributed by atoms with E-state index in [1.807, 2.05) is 60.7 Å². The van der Waals surface area contributed by atoms with Crippen LogP contribution < -0.4 is 10.4 Å². The number of aromatic nitrogens is 2. The summed E-state index contributed by atoms with van der Waals surface area (Å²) in [6.45, 7) is 0. The molecule has 5 nitrogen and oxygen atoms in total. The average molecular weight is 447 g/mol. The Hall–Kier alpha value is -4.64. The van der Waals surface area contributed by atoms with Gasteiger partial charge in [0.2, 0.25) is 0 Å². The Labute approximate surface area is 196 Å². The van der Waals surface area contributed by atoms with Crippen LogP contribution in [0.15, 0.2) is 108 Å². The molecule has 0 bridgehead atoms. The van der Waals surface area contributed by atoms with Crippen LogP contribution in [0.1, 0.15) is 15.9 Å². The van der Waals surface area contributed by atoms with E-state index in [9.17, 15) is 9.59 Å². The standard InChI is InChI=1S/C29H22N2O3/c1-34-26-14-9-20(10-15-26)11-16-28(32)24-7-4-8-25(18-24)31-27(19-30-29(31)33)23-13-12-21-5-2-3-6-22(21)17-23/h2-19H,1H3,(H,30,33). The lowest BCUT2D eigenvalue weighted by atomic mass is 10.0. The highest BCUT2D eigenvalue weighted by Gasteiger charge is 2.13. The maximum Gasteiger partial charge on any atom is 0.330 e. The van der Waals surface area contributed by atoms with Gasteiger partial charge in [0.05, 0.1) is 18.5 Å². The first kappa shape index (κ1) is 21.2. The first-order valence-corrected chi connectivity index (χ1v) is 10.9. The minimum Gasteiger partial charge on any atom is -0.497 e. The maximum atomic E-state index is 12.8. The van der Waals surface area contributed by atoms with E-state index in [1.54, 1.807) is 42.1 Å². The van der Waals surface area contributed by atoms with Crippen molar-refractivity contribution < 1.29 is 9.53 Å². The van der Waals surface area contributed by atoms with Gasteiger partial charge in [-0.3, -0.25) is 9.36 Å². The van der Waals surface area contributed by atoms with Gasteiger partial charge in [0.25, 0.3) is 0 Å². The van der Waals surface area contributed by atoms with Gasteiger partial charge < -0.3 is 9.72 Å². The Kier molecular flexibility index (Phi) is 5.67. The van der Waals surface area contributed by atoms with E-state index in [-0.39, 0.29) is 11.5 Å². The summed E-state index contributed by atoms with van der Waals surface area (Å²) in [5.74, 6) is 0.615. The van der Waals surface area contributed by atoms with E-state index in [1.165, 1.54) is 6.08 Å². The molecule has 34 heavy (non-hydrogen) atoms. The molecule has 0 radical (unpaired) electrons. The van der Waals surface area contributed by atoms with Gasteiger partial charge in [-0.1, -0.05) is 66.7 Å². The van der Waals surface area contributed by atoms with Crippen LogP contribution in [0.5, 0.6) is 5.75 Å². The topological polar surface area (TPSA) is 64.1 Å². The fourth-order valence-electron chi connectivity index (χ4n) is 3.97. The zero-order valence-corrected chi connectivity index (χ0v) is 18.6. The molecule has 5 heteroatoms. The number of benzene rings is 4. The predicted molar refractivity (Wildman–Crippen MR) is 136 cm³/mol. The molecule has 0 aliphatic carbocycles. The highest BCUT2D eigenvalue weighted by Crippen LogP contribution is 2.26. The number of allylic oxidation sites excluding steroid dienone is 1. The van der Waals surface area contributed by atoms with Crippen LogP contribution in [0, 0.1) is 0 Å². The van der Waals surface area contributed by atoms with Crippen LogP contribution in [-0.2, 0) is 0 Å². The number of H-pyrrole nitrogens is 1. The van der Waals surface area contributed by atoms with Crippen molar-refractivity contribution in [2.24, 2.45) is 0 Å². The second-order valence-electron chi connectivity index (χ2n) is 7.90. The van der Waals surface area contributed by atoms with Crippen molar-refractivity contribution in [2.75, 3.05) is 7.11 Å². The molecule has 1 N–H and O–H groups in total. The van der Waals surface area contributed by atoms with Crippen LogP contribution >= 0.6 is 0 Å². The molecule has 0 aliphatic heterocycles. The number of carbonyl (C=O) groups is 1. The first-order valence-electron chi connectivity index (χ1n) is 10.9. The van der Waals surface area contributed by atoms with E-state index in [0.717, 1.165) is 33.3 Å². The third-order valence-electron chi connectivity index (χ3n) is 5.75. The van der Waals surface area contributed by atoms with Gasteiger partial charge in [0.15, 0.2) is 5.78 Å². The van der Waals surface area contributed by atoms with Crippen LogP contribution in [0.25, 0.3) is 33.8 Å². The molecule has 0 amide bonds. The highest BCUT2D eigenvalue weighted by molar-refractivity contribution is 6.07. The van der Waals surface area contributed by atoms with Gasteiger partial charge in [-0.25, -0.2) is 4.79 Å². The molecule has 166 valence electrons. The SMILES string of the molecule is COc1ccc(C=CC(=O)c2cccc(-n3c(-c4ccc5ccccc5c4)c[nH]c3=O)c2)cc1. The summed E-state index contributed by atoms with van der Waals surface area (Å²) < 4.78 is 6.75. The number of fused-ring (bicyclic) bond motifs is 1. The van der Waals surface area contributed by atoms with Crippen molar-refractivity contribution in [3.05, 3.63) is 125 Å². The number of aromatic amines is 1. The van der Waals surface area contributed by atoms with Crippen molar-refractivity contribution in [3.63, 3.8) is 0 Å². The molecule has 0 aliphatic rings. The highest BCUT2D eigenvalue weighted by atomic mass is 16.5. The number of hydrogen-bond donors (Lipinski definition) is 1. The van der Waals surface area contributed by atoms with Crippen molar-refractivity contribution >= 4 is 22.6 Å². The minimum atomic E-state index is -0.262. The summed E-state index contributed by atoms with van der Waals surface area (Å²) >= 11 is 0. The molecule has 0 saturated heterocycles. The van der Waals surface area contributed by atoms with Gasteiger partial charge in [-0.05, 0) is 52.7 Å². The van der Waals surface area contributed by atoms with Crippen molar-refractivity contribution in [1.29, 1.82) is 0 Å². The minimum absolute atomic E-state index is 0.145.